The van der Waals surface area contributed by atoms with Gasteiger partial charge in [-0.25, -0.2) is 0 Å². The van der Waals surface area contributed by atoms with Crippen molar-refractivity contribution in [2.24, 2.45) is 5.73 Å². The van der Waals surface area contributed by atoms with Crippen molar-refractivity contribution in [3.8, 4) is 0 Å². The van der Waals surface area contributed by atoms with Gasteiger partial charge in [-0.3, -0.25) is 0 Å². The van der Waals surface area contributed by atoms with Crippen molar-refractivity contribution in [3.05, 3.63) is 47.6 Å². The van der Waals surface area contributed by atoms with Crippen LogP contribution in [0.3, 0.4) is 0 Å². The van der Waals surface area contributed by atoms with Gasteiger partial charge in [0.05, 0.1) is 0 Å². The van der Waals surface area contributed by atoms with Crippen LogP contribution in [0.15, 0.2) is 34.9 Å². The van der Waals surface area contributed by atoms with E-state index in [1.165, 1.54) is 0 Å². The zero-order chi connectivity index (χ0) is 13.9. The van der Waals surface area contributed by atoms with Gasteiger partial charge in [-0.05, 0) is 18.9 Å². The molecule has 2 rings (SSSR count). The van der Waals surface area contributed by atoms with Gasteiger partial charge in [-0.1, -0.05) is 42.4 Å². The predicted molar refractivity (Wildman–Crippen MR) is 71.4 cm³/mol. The van der Waals surface area contributed by atoms with Crippen LogP contribution in [0.5, 0.6) is 0 Å². The fourth-order valence-corrected chi connectivity index (χ4v) is 1.77. The third-order valence-electron chi connectivity index (χ3n) is 3.46. The molecule has 1 heterocycles. The Morgan fingerprint density at radius 2 is 2.05 bits per heavy atom. The molecule has 2 aromatic rings. The molecule has 0 aliphatic carbocycles. The van der Waals surface area contributed by atoms with Crippen LogP contribution in [0.2, 0.25) is 0 Å². The van der Waals surface area contributed by atoms with E-state index in [0.29, 0.717) is 11.7 Å². The lowest BCUT2D eigenvalue weighted by atomic mass is 10.0. The molecule has 1 aromatic carbocycles. The summed E-state index contributed by atoms with van der Waals surface area (Å²) in [6.07, 6.45) is 0.753. The molecule has 5 heteroatoms. The third-order valence-corrected chi connectivity index (χ3v) is 3.46. The van der Waals surface area contributed by atoms with E-state index >= 15 is 0 Å². The van der Waals surface area contributed by atoms with Crippen molar-refractivity contribution in [2.45, 2.75) is 31.9 Å². The molecule has 0 radical (unpaired) electrons. The van der Waals surface area contributed by atoms with Gasteiger partial charge in [0.2, 0.25) is 11.7 Å². The molecule has 0 amide bonds. The molecule has 2 atom stereocenters. The minimum atomic E-state index is -0.543. The fraction of sp³-hybridized carbons (Fsp3) is 0.429. The Labute approximate surface area is 112 Å². The quantitative estimate of drug-likeness (QED) is 0.894. The average molecular weight is 261 g/mol. The minimum Gasteiger partial charge on any atom is -0.370 e. The van der Waals surface area contributed by atoms with Crippen molar-refractivity contribution in [2.75, 3.05) is 7.11 Å². The van der Waals surface area contributed by atoms with Crippen molar-refractivity contribution in [1.29, 1.82) is 0 Å². The maximum atomic E-state index is 6.12. The van der Waals surface area contributed by atoms with Crippen molar-refractivity contribution < 1.29 is 9.26 Å². The number of aromatic nitrogens is 2. The van der Waals surface area contributed by atoms with Crippen LogP contribution in [-0.2, 0) is 10.3 Å². The first-order valence-electron chi connectivity index (χ1n) is 6.30. The Morgan fingerprint density at radius 3 is 2.63 bits per heavy atom. The van der Waals surface area contributed by atoms with Crippen LogP contribution in [0.25, 0.3) is 0 Å². The predicted octanol–water partition coefficient (Wildman–Crippen LogP) is 2.39. The second kappa shape index (κ2) is 5.50. The van der Waals surface area contributed by atoms with E-state index in [1.54, 1.807) is 7.11 Å². The molecule has 5 nitrogen and oxygen atoms in total. The molecule has 0 aliphatic rings. The number of rotatable bonds is 5. The maximum absolute atomic E-state index is 6.12. The first-order chi connectivity index (χ1) is 9.10. The maximum Gasteiger partial charge on any atom is 0.248 e. The number of hydrogen-bond donors (Lipinski definition) is 1. The normalized spacial score (nSPS) is 16.0. The Hall–Kier alpha value is -1.72. The summed E-state index contributed by atoms with van der Waals surface area (Å²) in [5, 5.41) is 3.99. The molecular weight excluding hydrogens is 242 g/mol. The van der Waals surface area contributed by atoms with Crippen molar-refractivity contribution in [3.63, 3.8) is 0 Å². The van der Waals surface area contributed by atoms with Gasteiger partial charge in [0, 0.05) is 7.11 Å². The zero-order valence-electron chi connectivity index (χ0n) is 11.5. The molecule has 0 spiro atoms. The minimum absolute atomic E-state index is 0.401. The lowest BCUT2D eigenvalue weighted by molar-refractivity contribution is -0.0106. The van der Waals surface area contributed by atoms with E-state index in [2.05, 4.69) is 10.1 Å². The number of ether oxygens (including phenoxy) is 1. The second-order valence-corrected chi connectivity index (χ2v) is 4.63. The molecule has 2 N–H and O–H groups in total. The highest BCUT2D eigenvalue weighted by Crippen LogP contribution is 2.27. The van der Waals surface area contributed by atoms with E-state index in [9.17, 15) is 0 Å². The number of nitrogens with zero attached hydrogens (tertiary/aromatic N) is 2. The first-order valence-corrected chi connectivity index (χ1v) is 6.30. The van der Waals surface area contributed by atoms with E-state index < -0.39 is 11.6 Å². The van der Waals surface area contributed by atoms with Gasteiger partial charge in [0.1, 0.15) is 11.6 Å². The SMILES string of the molecule is CCC(C)(OC)c1noc([C@H](N)c2ccccc2)n1. The average Bonchev–Trinajstić information content (AvgIpc) is 2.97. The first kappa shape index (κ1) is 13.7. The number of nitrogens with two attached hydrogens (primary N) is 1. The Kier molecular flexibility index (Phi) is 3.97. The molecule has 1 aromatic heterocycles. The van der Waals surface area contributed by atoms with Crippen LogP contribution < -0.4 is 5.73 Å². The van der Waals surface area contributed by atoms with Crippen LogP contribution in [0.4, 0.5) is 0 Å². The van der Waals surface area contributed by atoms with Crippen molar-refractivity contribution >= 4 is 0 Å². The summed E-state index contributed by atoms with van der Waals surface area (Å²) in [5.74, 6) is 0.928. The largest absolute Gasteiger partial charge is 0.370 e. The summed E-state index contributed by atoms with van der Waals surface area (Å²) >= 11 is 0. The fourth-order valence-electron chi connectivity index (χ4n) is 1.77. The van der Waals surface area contributed by atoms with Crippen LogP contribution in [0.1, 0.15) is 43.6 Å². The van der Waals surface area contributed by atoms with Crippen LogP contribution in [-0.4, -0.2) is 17.3 Å². The molecule has 0 bridgehead atoms. The smallest absolute Gasteiger partial charge is 0.248 e. The third kappa shape index (κ3) is 2.67. The van der Waals surface area contributed by atoms with E-state index in [0.717, 1.165) is 12.0 Å². The molecular formula is C14H19N3O2. The van der Waals surface area contributed by atoms with Crippen LogP contribution >= 0.6 is 0 Å². The molecule has 0 fully saturated rings. The summed E-state index contributed by atoms with van der Waals surface area (Å²) < 4.78 is 10.7. The van der Waals surface area contributed by atoms with E-state index in [-0.39, 0.29) is 0 Å². The van der Waals surface area contributed by atoms with Gasteiger partial charge >= 0.3 is 0 Å². The zero-order valence-corrected chi connectivity index (χ0v) is 11.5. The van der Waals surface area contributed by atoms with Gasteiger partial charge in [-0.2, -0.15) is 4.98 Å². The summed E-state index contributed by atoms with van der Waals surface area (Å²) in [6, 6.07) is 9.25. The molecule has 0 aliphatic heterocycles. The topological polar surface area (TPSA) is 74.2 Å². The molecule has 102 valence electrons. The number of hydrogen-bond acceptors (Lipinski definition) is 5. The Bertz CT molecular complexity index is 520. The molecule has 0 saturated carbocycles. The van der Waals surface area contributed by atoms with Gasteiger partial charge in [0.15, 0.2) is 0 Å². The monoisotopic (exact) mass is 261 g/mol. The van der Waals surface area contributed by atoms with Crippen molar-refractivity contribution in [1.82, 2.24) is 10.1 Å². The Morgan fingerprint density at radius 1 is 1.37 bits per heavy atom. The molecule has 0 saturated heterocycles. The lowest BCUT2D eigenvalue weighted by Gasteiger charge is -2.21. The standard InChI is InChI=1S/C14H19N3O2/c1-4-14(2,18-3)13-16-12(19-17-13)11(15)10-8-6-5-7-9-10/h5-9,11H,4,15H2,1-3H3/t11-,14?/m1/s1. The summed E-state index contributed by atoms with van der Waals surface area (Å²) in [6.45, 7) is 3.94. The lowest BCUT2D eigenvalue weighted by Crippen LogP contribution is -2.25. The van der Waals surface area contributed by atoms with Gasteiger partial charge < -0.3 is 15.0 Å². The number of methoxy groups -OCH3 is 1. The summed E-state index contributed by atoms with van der Waals surface area (Å²) in [5.41, 5.74) is 6.51. The highest BCUT2D eigenvalue weighted by atomic mass is 16.5. The molecule has 19 heavy (non-hydrogen) atoms. The molecule has 1 unspecified atom stereocenters. The summed E-state index contributed by atoms with van der Waals surface area (Å²) in [4.78, 5) is 4.37. The van der Waals surface area contributed by atoms with E-state index in [4.69, 9.17) is 15.0 Å². The highest BCUT2D eigenvalue weighted by Gasteiger charge is 2.31. The highest BCUT2D eigenvalue weighted by molar-refractivity contribution is 5.23. The summed E-state index contributed by atoms with van der Waals surface area (Å²) in [7, 11) is 1.64. The van der Waals surface area contributed by atoms with Gasteiger partial charge in [-0.15, -0.1) is 0 Å². The van der Waals surface area contributed by atoms with E-state index in [1.807, 2.05) is 44.2 Å². The van der Waals surface area contributed by atoms with Gasteiger partial charge in [0.25, 0.3) is 0 Å². The second-order valence-electron chi connectivity index (χ2n) is 4.63. The Balaban J connectivity index is 2.27. The van der Waals surface area contributed by atoms with Crippen LogP contribution in [0, 0.1) is 0 Å². The number of benzene rings is 1.